The maximum atomic E-state index is 12.1. The summed E-state index contributed by atoms with van der Waals surface area (Å²) in [5.41, 5.74) is -0.300. The first-order valence-electron chi connectivity index (χ1n) is 14.6. The number of carbonyl (C=O) groups is 2. The molecule has 0 N–H and O–H groups in total. The first-order chi connectivity index (χ1) is 21.3. The molecule has 8 nitrogen and oxygen atoms in total. The van der Waals surface area contributed by atoms with Gasteiger partial charge in [0, 0.05) is 6.20 Å². The van der Waals surface area contributed by atoms with Crippen molar-refractivity contribution in [2.45, 2.75) is 74.0 Å². The monoisotopic (exact) mass is 630 g/mol. The van der Waals surface area contributed by atoms with Gasteiger partial charge in [-0.2, -0.15) is 0 Å². The highest BCUT2D eigenvalue weighted by Crippen LogP contribution is 2.34. The molecule has 0 saturated carbocycles. The van der Waals surface area contributed by atoms with E-state index in [1.54, 1.807) is 6.20 Å². The van der Waals surface area contributed by atoms with Crippen LogP contribution >= 0.6 is 0 Å². The van der Waals surface area contributed by atoms with Gasteiger partial charge in [0.2, 0.25) is 0 Å². The third-order valence-corrected chi connectivity index (χ3v) is 8.08. The normalized spacial score (nSPS) is 11.5. The SMILES string of the molecule is CC(C)(C)OC(=O)COc1ccc([S+](c2ccc(OCC(=O)OC(C)(C)C)cc2)c2ccc(OCc3ccccn3)cc2)cc1. The molecule has 0 amide bonds. The number of rotatable bonds is 12. The van der Waals surface area contributed by atoms with Crippen molar-refractivity contribution in [3.05, 3.63) is 103 Å². The molecule has 0 aliphatic rings. The Morgan fingerprint density at radius 3 is 1.33 bits per heavy atom. The Morgan fingerprint density at radius 2 is 0.978 bits per heavy atom. The number of carbonyl (C=O) groups excluding carboxylic acids is 2. The Kier molecular flexibility index (Phi) is 11.1. The highest BCUT2D eigenvalue weighted by molar-refractivity contribution is 7.97. The lowest BCUT2D eigenvalue weighted by Crippen LogP contribution is -2.27. The van der Waals surface area contributed by atoms with Gasteiger partial charge in [-0.25, -0.2) is 9.59 Å². The Balaban J connectivity index is 1.51. The molecule has 0 spiro atoms. The van der Waals surface area contributed by atoms with E-state index in [0.717, 1.165) is 26.1 Å². The molecular weight excluding hydrogens is 590 g/mol. The number of benzene rings is 3. The van der Waals surface area contributed by atoms with Crippen LogP contribution in [0.4, 0.5) is 0 Å². The molecule has 4 aromatic rings. The third-order valence-electron chi connectivity index (χ3n) is 5.84. The minimum atomic E-state index is -0.575. The van der Waals surface area contributed by atoms with Crippen LogP contribution in [0.1, 0.15) is 47.2 Å². The van der Waals surface area contributed by atoms with E-state index >= 15 is 0 Å². The van der Waals surface area contributed by atoms with Gasteiger partial charge in [0.25, 0.3) is 0 Å². The second kappa shape index (κ2) is 15.0. The number of aromatic nitrogens is 1. The van der Waals surface area contributed by atoms with Gasteiger partial charge in [-0.15, -0.1) is 0 Å². The maximum Gasteiger partial charge on any atom is 0.344 e. The van der Waals surface area contributed by atoms with E-state index in [9.17, 15) is 9.59 Å². The lowest BCUT2D eigenvalue weighted by atomic mass is 10.2. The van der Waals surface area contributed by atoms with Gasteiger partial charge in [0.05, 0.1) is 16.6 Å². The third kappa shape index (κ3) is 11.2. The second-order valence-corrected chi connectivity index (χ2v) is 14.1. The van der Waals surface area contributed by atoms with Crippen LogP contribution in [-0.4, -0.2) is 41.3 Å². The Hall–Kier alpha value is -4.50. The maximum absolute atomic E-state index is 12.1. The summed E-state index contributed by atoms with van der Waals surface area (Å²) in [6, 6.07) is 29.1. The molecule has 0 unspecified atom stereocenters. The highest BCUT2D eigenvalue weighted by atomic mass is 32.2. The van der Waals surface area contributed by atoms with Crippen molar-refractivity contribution in [1.82, 2.24) is 4.98 Å². The fourth-order valence-electron chi connectivity index (χ4n) is 4.09. The van der Waals surface area contributed by atoms with Gasteiger partial charge < -0.3 is 23.7 Å². The molecule has 1 heterocycles. The molecule has 0 atom stereocenters. The first-order valence-corrected chi connectivity index (χ1v) is 15.8. The predicted molar refractivity (Wildman–Crippen MR) is 173 cm³/mol. The Morgan fingerprint density at radius 1 is 0.578 bits per heavy atom. The Bertz CT molecular complexity index is 1450. The molecule has 9 heteroatoms. The van der Waals surface area contributed by atoms with Gasteiger partial charge in [0.1, 0.15) is 35.1 Å². The summed E-state index contributed by atoms with van der Waals surface area (Å²) in [5, 5.41) is 0. The van der Waals surface area contributed by atoms with Gasteiger partial charge in [-0.3, -0.25) is 4.98 Å². The highest BCUT2D eigenvalue weighted by Gasteiger charge is 2.29. The molecule has 0 fully saturated rings. The molecule has 0 bridgehead atoms. The number of hydrogen-bond donors (Lipinski definition) is 0. The molecular formula is C36H40NO7S+. The quantitative estimate of drug-likeness (QED) is 0.120. The zero-order valence-corrected chi connectivity index (χ0v) is 27.4. The van der Waals surface area contributed by atoms with E-state index in [1.165, 1.54) is 0 Å². The van der Waals surface area contributed by atoms with Crippen LogP contribution in [-0.2, 0) is 36.6 Å². The largest absolute Gasteiger partial charge is 0.487 e. The molecule has 0 saturated heterocycles. The number of hydrogen-bond acceptors (Lipinski definition) is 8. The van der Waals surface area contributed by atoms with Crippen LogP contribution in [0.2, 0.25) is 0 Å². The van der Waals surface area contributed by atoms with E-state index in [-0.39, 0.29) is 13.2 Å². The summed E-state index contributed by atoms with van der Waals surface area (Å²) in [6.45, 7) is 10.9. The summed E-state index contributed by atoms with van der Waals surface area (Å²) in [4.78, 5) is 31.7. The van der Waals surface area contributed by atoms with Crippen molar-refractivity contribution < 1.29 is 33.3 Å². The van der Waals surface area contributed by atoms with Crippen LogP contribution in [0.3, 0.4) is 0 Å². The van der Waals surface area contributed by atoms with Gasteiger partial charge in [-0.1, -0.05) is 6.07 Å². The van der Waals surface area contributed by atoms with Crippen molar-refractivity contribution in [1.29, 1.82) is 0 Å². The number of esters is 2. The van der Waals surface area contributed by atoms with Gasteiger partial charge in [0.15, 0.2) is 27.9 Å². The number of ether oxygens (including phenoxy) is 5. The molecule has 1 aromatic heterocycles. The van der Waals surface area contributed by atoms with Crippen LogP contribution in [0.5, 0.6) is 17.2 Å². The standard InChI is InChI=1S/C36H40NO7S/c1-35(2,3)43-33(38)24-41-28-12-18-31(19-13-28)45(30-16-10-27(11-17-30)40-23-26-9-7-8-22-37-26)32-20-14-29(15-21-32)42-25-34(39)44-36(4,5)6/h7-22H,23-25H2,1-6H3/q+1. The van der Waals surface area contributed by atoms with Crippen molar-refractivity contribution in [3.63, 3.8) is 0 Å². The average molecular weight is 631 g/mol. The van der Waals surface area contributed by atoms with Crippen LogP contribution in [0, 0.1) is 0 Å². The molecule has 236 valence electrons. The summed E-state index contributed by atoms with van der Waals surface area (Å²) >= 11 is 0. The van der Waals surface area contributed by atoms with Gasteiger partial charge in [-0.05, 0) is 126 Å². The van der Waals surface area contributed by atoms with E-state index in [4.69, 9.17) is 23.7 Å². The minimum Gasteiger partial charge on any atom is -0.487 e. The fraction of sp³-hybridized carbons (Fsp3) is 0.306. The van der Waals surface area contributed by atoms with E-state index < -0.39 is 34.0 Å². The summed E-state index contributed by atoms with van der Waals surface area (Å²) in [5.74, 6) is 1.02. The van der Waals surface area contributed by atoms with Crippen LogP contribution in [0.15, 0.2) is 112 Å². The lowest BCUT2D eigenvalue weighted by Gasteiger charge is -2.19. The zero-order valence-electron chi connectivity index (χ0n) is 26.6. The van der Waals surface area contributed by atoms with Crippen molar-refractivity contribution in [2.24, 2.45) is 0 Å². The van der Waals surface area contributed by atoms with Crippen molar-refractivity contribution >= 4 is 22.8 Å². The van der Waals surface area contributed by atoms with Crippen molar-refractivity contribution in [3.8, 4) is 17.2 Å². The summed E-state index contributed by atoms with van der Waals surface area (Å²) in [6.07, 6.45) is 1.75. The van der Waals surface area contributed by atoms with E-state index in [0.29, 0.717) is 18.1 Å². The Labute approximate surface area is 268 Å². The first kappa shape index (κ1) is 33.4. The lowest BCUT2D eigenvalue weighted by molar-refractivity contribution is -0.158. The molecule has 3 aromatic carbocycles. The summed E-state index contributed by atoms with van der Waals surface area (Å²) in [7, 11) is -0.494. The van der Waals surface area contributed by atoms with Gasteiger partial charge >= 0.3 is 11.9 Å². The van der Waals surface area contributed by atoms with Crippen LogP contribution in [0.25, 0.3) is 0 Å². The molecule has 0 radical (unpaired) electrons. The molecule has 0 aliphatic heterocycles. The molecule has 45 heavy (non-hydrogen) atoms. The predicted octanol–water partition coefficient (Wildman–Crippen LogP) is 7.20. The molecule has 0 aliphatic carbocycles. The number of nitrogens with zero attached hydrogens (tertiary/aromatic N) is 1. The average Bonchev–Trinajstić information content (AvgIpc) is 2.99. The molecule has 4 rings (SSSR count). The van der Waals surface area contributed by atoms with Crippen LogP contribution < -0.4 is 14.2 Å². The second-order valence-electron chi connectivity index (χ2n) is 12.1. The zero-order chi connectivity index (χ0) is 32.5. The fourth-order valence-corrected chi connectivity index (χ4v) is 6.13. The summed E-state index contributed by atoms with van der Waals surface area (Å²) < 4.78 is 28.0. The van der Waals surface area contributed by atoms with E-state index in [1.807, 2.05) is 120 Å². The number of pyridine rings is 1. The smallest absolute Gasteiger partial charge is 0.344 e. The van der Waals surface area contributed by atoms with E-state index in [2.05, 4.69) is 17.1 Å². The topological polar surface area (TPSA) is 93.2 Å². The minimum absolute atomic E-state index is 0.174. The van der Waals surface area contributed by atoms with Crippen molar-refractivity contribution in [2.75, 3.05) is 13.2 Å².